The first-order valence-electron chi connectivity index (χ1n) is 7.67. The van der Waals surface area contributed by atoms with E-state index in [9.17, 15) is 21.6 Å². The fourth-order valence-corrected chi connectivity index (χ4v) is 4.52. The molecule has 2 aromatic rings. The third kappa shape index (κ3) is 4.49. The Labute approximate surface area is 150 Å². The SMILES string of the molecule is O=C1Cc2cc(S(=O)(=O)NCCS(=O)(=O)NCc3ccco3)ccc2N1. The molecule has 1 aliphatic heterocycles. The molecule has 26 heavy (non-hydrogen) atoms. The van der Waals surface area contributed by atoms with Gasteiger partial charge in [-0.2, -0.15) is 0 Å². The van der Waals surface area contributed by atoms with Gasteiger partial charge in [-0.15, -0.1) is 0 Å². The fraction of sp³-hybridized carbons (Fsp3) is 0.267. The quantitative estimate of drug-likeness (QED) is 0.579. The number of amides is 1. The highest BCUT2D eigenvalue weighted by molar-refractivity contribution is 7.90. The number of hydrogen-bond donors (Lipinski definition) is 3. The lowest BCUT2D eigenvalue weighted by molar-refractivity contribution is -0.115. The topological polar surface area (TPSA) is 135 Å². The van der Waals surface area contributed by atoms with Crippen molar-refractivity contribution < 1.29 is 26.0 Å². The minimum absolute atomic E-state index is 0.00602. The van der Waals surface area contributed by atoms with Gasteiger partial charge in [0.25, 0.3) is 0 Å². The molecule has 9 nitrogen and oxygen atoms in total. The van der Waals surface area contributed by atoms with Crippen molar-refractivity contribution in [2.24, 2.45) is 0 Å². The van der Waals surface area contributed by atoms with Crippen LogP contribution >= 0.6 is 0 Å². The van der Waals surface area contributed by atoms with Crippen LogP contribution in [0.1, 0.15) is 11.3 Å². The van der Waals surface area contributed by atoms with E-state index < -0.39 is 25.8 Å². The van der Waals surface area contributed by atoms with Crippen molar-refractivity contribution in [2.75, 3.05) is 17.6 Å². The maximum atomic E-state index is 12.3. The van der Waals surface area contributed by atoms with Crippen LogP contribution in [0.15, 0.2) is 45.9 Å². The molecule has 1 amide bonds. The van der Waals surface area contributed by atoms with Gasteiger partial charge in [-0.1, -0.05) is 0 Å². The van der Waals surface area contributed by atoms with Crippen molar-refractivity contribution >= 4 is 31.6 Å². The predicted molar refractivity (Wildman–Crippen MR) is 93.3 cm³/mol. The summed E-state index contributed by atoms with van der Waals surface area (Å²) in [5, 5.41) is 2.62. The summed E-state index contributed by atoms with van der Waals surface area (Å²) in [6, 6.07) is 7.53. The molecule has 0 unspecified atom stereocenters. The minimum Gasteiger partial charge on any atom is -0.468 e. The highest BCUT2D eigenvalue weighted by Crippen LogP contribution is 2.25. The molecule has 1 aliphatic rings. The molecule has 11 heteroatoms. The summed E-state index contributed by atoms with van der Waals surface area (Å²) in [6.45, 7) is -0.294. The third-order valence-electron chi connectivity index (χ3n) is 3.72. The van der Waals surface area contributed by atoms with Gasteiger partial charge >= 0.3 is 0 Å². The molecule has 1 aromatic heterocycles. The smallest absolute Gasteiger partial charge is 0.240 e. The Bertz CT molecular complexity index is 1010. The zero-order chi connectivity index (χ0) is 18.8. The lowest BCUT2D eigenvalue weighted by atomic mass is 10.2. The summed E-state index contributed by atoms with van der Waals surface area (Å²) in [5.74, 6) is -0.163. The van der Waals surface area contributed by atoms with Crippen LogP contribution in [0.3, 0.4) is 0 Å². The van der Waals surface area contributed by atoms with Crippen molar-refractivity contribution in [3.05, 3.63) is 47.9 Å². The molecule has 0 aliphatic carbocycles. The predicted octanol–water partition coefficient (Wildman–Crippen LogP) is 0.172. The summed E-state index contributed by atoms with van der Waals surface area (Å²) in [5.41, 5.74) is 1.17. The average molecular weight is 399 g/mol. The van der Waals surface area contributed by atoms with E-state index in [1.165, 1.54) is 24.5 Å². The molecule has 3 rings (SSSR count). The van der Waals surface area contributed by atoms with Crippen LogP contribution in [0.2, 0.25) is 0 Å². The first kappa shape index (κ1) is 18.6. The van der Waals surface area contributed by atoms with Crippen molar-refractivity contribution in [3.8, 4) is 0 Å². The molecular formula is C15H17N3O6S2. The van der Waals surface area contributed by atoms with Gasteiger partial charge in [-0.3, -0.25) is 4.79 Å². The minimum atomic E-state index is -3.88. The van der Waals surface area contributed by atoms with E-state index in [4.69, 9.17) is 4.42 Å². The van der Waals surface area contributed by atoms with E-state index in [0.717, 1.165) is 0 Å². The Hall–Kier alpha value is -2.21. The number of anilines is 1. The fourth-order valence-electron chi connectivity index (χ4n) is 2.43. The Morgan fingerprint density at radius 1 is 1.12 bits per heavy atom. The van der Waals surface area contributed by atoms with E-state index in [1.54, 1.807) is 12.1 Å². The normalized spacial score (nSPS) is 14.2. The molecule has 1 aromatic carbocycles. The molecular weight excluding hydrogens is 382 g/mol. The van der Waals surface area contributed by atoms with E-state index in [-0.39, 0.29) is 30.3 Å². The number of benzene rings is 1. The van der Waals surface area contributed by atoms with Gasteiger partial charge in [0.1, 0.15) is 5.76 Å². The van der Waals surface area contributed by atoms with Crippen molar-refractivity contribution in [1.82, 2.24) is 9.44 Å². The Morgan fingerprint density at radius 2 is 1.92 bits per heavy atom. The van der Waals surface area contributed by atoms with Gasteiger partial charge in [-0.25, -0.2) is 26.3 Å². The Balaban J connectivity index is 1.57. The molecule has 0 radical (unpaired) electrons. The highest BCUT2D eigenvalue weighted by atomic mass is 32.2. The maximum Gasteiger partial charge on any atom is 0.240 e. The molecule has 2 heterocycles. The largest absolute Gasteiger partial charge is 0.468 e. The summed E-state index contributed by atoms with van der Waals surface area (Å²) in [4.78, 5) is 11.3. The Kier molecular flexibility index (Phi) is 5.14. The highest BCUT2D eigenvalue weighted by Gasteiger charge is 2.22. The standard InChI is InChI=1S/C15H17N3O6S2/c19-15-9-11-8-13(3-4-14(11)18-15)26(22,23)16-5-7-25(20,21)17-10-12-2-1-6-24-12/h1-4,6,8,16-17H,5,7,9-10H2,(H,18,19). The molecule has 0 atom stereocenters. The number of sulfonamides is 2. The summed E-state index contributed by atoms with van der Waals surface area (Å²) in [7, 11) is -7.55. The van der Waals surface area contributed by atoms with Crippen molar-refractivity contribution in [2.45, 2.75) is 17.9 Å². The zero-order valence-electron chi connectivity index (χ0n) is 13.6. The number of hydrogen-bond acceptors (Lipinski definition) is 6. The van der Waals surface area contributed by atoms with Crippen LogP contribution < -0.4 is 14.8 Å². The number of nitrogens with one attached hydrogen (secondary N) is 3. The lowest BCUT2D eigenvalue weighted by Gasteiger charge is -2.09. The lowest BCUT2D eigenvalue weighted by Crippen LogP contribution is -2.34. The number of rotatable bonds is 8. The third-order valence-corrected chi connectivity index (χ3v) is 6.51. The van der Waals surface area contributed by atoms with Crippen LogP contribution in [0, 0.1) is 0 Å². The maximum absolute atomic E-state index is 12.3. The van der Waals surface area contributed by atoms with Gasteiger partial charge in [0, 0.05) is 12.2 Å². The molecule has 140 valence electrons. The second-order valence-electron chi connectivity index (χ2n) is 5.66. The Morgan fingerprint density at radius 3 is 2.65 bits per heavy atom. The van der Waals surface area contributed by atoms with E-state index >= 15 is 0 Å². The van der Waals surface area contributed by atoms with E-state index in [2.05, 4.69) is 14.8 Å². The van der Waals surface area contributed by atoms with Crippen molar-refractivity contribution in [1.29, 1.82) is 0 Å². The number of furan rings is 1. The van der Waals surface area contributed by atoms with Gasteiger partial charge < -0.3 is 9.73 Å². The average Bonchev–Trinajstić information content (AvgIpc) is 3.20. The molecule has 0 fully saturated rings. The van der Waals surface area contributed by atoms with Crippen LogP contribution in [0.4, 0.5) is 5.69 Å². The van der Waals surface area contributed by atoms with Crippen LogP contribution in [-0.2, 0) is 37.8 Å². The zero-order valence-corrected chi connectivity index (χ0v) is 15.2. The van der Waals surface area contributed by atoms with Gasteiger partial charge in [0.15, 0.2) is 0 Å². The first-order valence-corrected chi connectivity index (χ1v) is 10.8. The van der Waals surface area contributed by atoms with Gasteiger partial charge in [0.05, 0.1) is 29.9 Å². The molecule has 0 saturated carbocycles. The number of carbonyl (C=O) groups is 1. The molecule has 0 spiro atoms. The first-order chi connectivity index (χ1) is 12.3. The number of fused-ring (bicyclic) bond motifs is 1. The second kappa shape index (κ2) is 7.19. The number of carbonyl (C=O) groups excluding carboxylic acids is 1. The van der Waals surface area contributed by atoms with Crippen LogP contribution in [0.25, 0.3) is 0 Å². The van der Waals surface area contributed by atoms with Crippen LogP contribution in [0.5, 0.6) is 0 Å². The van der Waals surface area contributed by atoms with Gasteiger partial charge in [0.2, 0.25) is 26.0 Å². The molecule has 0 bridgehead atoms. The second-order valence-corrected chi connectivity index (χ2v) is 9.35. The monoisotopic (exact) mass is 399 g/mol. The summed E-state index contributed by atoms with van der Waals surface area (Å²) >= 11 is 0. The van der Waals surface area contributed by atoms with Crippen molar-refractivity contribution in [3.63, 3.8) is 0 Å². The summed E-state index contributed by atoms with van der Waals surface area (Å²) in [6.07, 6.45) is 1.54. The van der Waals surface area contributed by atoms with Crippen LogP contribution in [-0.4, -0.2) is 35.0 Å². The van der Waals surface area contributed by atoms with E-state index in [0.29, 0.717) is 17.0 Å². The van der Waals surface area contributed by atoms with E-state index in [1.807, 2.05) is 0 Å². The molecule has 0 saturated heterocycles. The summed E-state index contributed by atoms with van der Waals surface area (Å²) < 4.78 is 58.0. The molecule has 3 N–H and O–H groups in total. The van der Waals surface area contributed by atoms with Gasteiger partial charge in [-0.05, 0) is 35.9 Å².